The average molecular weight is 293 g/mol. The van der Waals surface area contributed by atoms with Crippen LogP contribution in [0.1, 0.15) is 30.7 Å². The summed E-state index contributed by atoms with van der Waals surface area (Å²) in [6.07, 6.45) is 3.25. The zero-order valence-electron chi connectivity index (χ0n) is 11.8. The number of likely N-dealkylation sites (tertiary alicyclic amines) is 1. The van der Waals surface area contributed by atoms with Crippen molar-refractivity contribution in [2.45, 2.75) is 31.2 Å². The summed E-state index contributed by atoms with van der Waals surface area (Å²) in [7, 11) is 2.12. The molecule has 1 aromatic carbocycles. The van der Waals surface area contributed by atoms with E-state index in [-0.39, 0.29) is 11.8 Å². The Hall–Kier alpha value is -1.06. The van der Waals surface area contributed by atoms with Crippen molar-refractivity contribution in [2.24, 2.45) is 5.92 Å². The van der Waals surface area contributed by atoms with E-state index in [0.29, 0.717) is 12.0 Å². The fraction of sp³-hybridized carbons (Fsp3) is 0.562. The van der Waals surface area contributed by atoms with Crippen molar-refractivity contribution in [1.29, 1.82) is 0 Å². The number of carbonyl (C=O) groups excluding carboxylic acids is 1. The third-order valence-electron chi connectivity index (χ3n) is 4.40. The van der Waals surface area contributed by atoms with Crippen LogP contribution in [0.3, 0.4) is 0 Å². The van der Waals surface area contributed by atoms with Crippen LogP contribution >= 0.6 is 11.6 Å². The number of halogens is 1. The molecular weight excluding hydrogens is 272 g/mol. The topological polar surface area (TPSA) is 32.3 Å². The molecule has 1 saturated heterocycles. The molecule has 2 aliphatic rings. The number of nitrogens with zero attached hydrogens (tertiary/aromatic N) is 1. The highest BCUT2D eigenvalue weighted by Crippen LogP contribution is 2.47. The van der Waals surface area contributed by atoms with Crippen LogP contribution < -0.4 is 5.32 Å². The van der Waals surface area contributed by atoms with Crippen molar-refractivity contribution in [2.75, 3.05) is 20.1 Å². The summed E-state index contributed by atoms with van der Waals surface area (Å²) in [4.78, 5) is 14.6. The number of hydrogen-bond acceptors (Lipinski definition) is 2. The van der Waals surface area contributed by atoms with Gasteiger partial charge in [0.05, 0.1) is 0 Å². The molecule has 0 bridgehead atoms. The molecule has 20 heavy (non-hydrogen) atoms. The number of carbonyl (C=O) groups is 1. The first-order valence-electron chi connectivity index (χ1n) is 7.38. The molecule has 4 heteroatoms. The second-order valence-corrected chi connectivity index (χ2v) is 6.55. The summed E-state index contributed by atoms with van der Waals surface area (Å²) < 4.78 is 0. The van der Waals surface area contributed by atoms with Crippen molar-refractivity contribution < 1.29 is 4.79 Å². The summed E-state index contributed by atoms with van der Waals surface area (Å²) >= 11 is 5.89. The van der Waals surface area contributed by atoms with Gasteiger partial charge < -0.3 is 10.2 Å². The molecule has 0 spiro atoms. The van der Waals surface area contributed by atoms with Crippen molar-refractivity contribution in [3.05, 3.63) is 34.9 Å². The van der Waals surface area contributed by atoms with Gasteiger partial charge in [0, 0.05) is 23.5 Å². The highest BCUT2D eigenvalue weighted by Gasteiger charge is 2.44. The quantitative estimate of drug-likeness (QED) is 0.929. The molecule has 1 N–H and O–H groups in total. The van der Waals surface area contributed by atoms with Crippen molar-refractivity contribution in [3.8, 4) is 0 Å². The van der Waals surface area contributed by atoms with Gasteiger partial charge in [0.25, 0.3) is 0 Å². The molecule has 1 aromatic rings. The Kier molecular flexibility index (Phi) is 3.99. The standard InChI is InChI=1S/C16H21ClN2O/c1-19-8-2-3-13(10-19)18-16(20)15-9-14(15)11-4-6-12(17)7-5-11/h4-7,13-15H,2-3,8-10H2,1H3,(H,18,20)/t13-,14+,15+/m0/s1. The lowest BCUT2D eigenvalue weighted by Gasteiger charge is -2.30. The lowest BCUT2D eigenvalue weighted by atomic mass is 10.1. The largest absolute Gasteiger partial charge is 0.352 e. The van der Waals surface area contributed by atoms with Crippen LogP contribution in [-0.2, 0) is 4.79 Å². The van der Waals surface area contributed by atoms with Gasteiger partial charge in [-0.1, -0.05) is 23.7 Å². The van der Waals surface area contributed by atoms with E-state index in [4.69, 9.17) is 11.6 Å². The Labute approximate surface area is 125 Å². The third kappa shape index (κ3) is 3.15. The number of hydrogen-bond donors (Lipinski definition) is 1. The monoisotopic (exact) mass is 292 g/mol. The van der Waals surface area contributed by atoms with Crippen LogP contribution in [0.15, 0.2) is 24.3 Å². The van der Waals surface area contributed by atoms with E-state index in [9.17, 15) is 4.79 Å². The normalized spacial score (nSPS) is 30.0. The van der Waals surface area contributed by atoms with Gasteiger partial charge >= 0.3 is 0 Å². The second kappa shape index (κ2) is 5.74. The second-order valence-electron chi connectivity index (χ2n) is 6.11. The van der Waals surface area contributed by atoms with Crippen LogP contribution in [0.2, 0.25) is 5.02 Å². The summed E-state index contributed by atoms with van der Waals surface area (Å²) in [5, 5.41) is 3.97. The molecule has 1 amide bonds. The maximum absolute atomic E-state index is 12.3. The Morgan fingerprint density at radius 1 is 1.35 bits per heavy atom. The van der Waals surface area contributed by atoms with Gasteiger partial charge in [0.15, 0.2) is 0 Å². The minimum Gasteiger partial charge on any atom is -0.352 e. The molecule has 1 saturated carbocycles. The van der Waals surface area contributed by atoms with Gasteiger partial charge in [-0.15, -0.1) is 0 Å². The summed E-state index contributed by atoms with van der Waals surface area (Å²) in [5.74, 6) is 0.766. The molecular formula is C16H21ClN2O. The number of amides is 1. The Balaban J connectivity index is 1.53. The Morgan fingerprint density at radius 2 is 2.10 bits per heavy atom. The number of nitrogens with one attached hydrogen (secondary N) is 1. The van der Waals surface area contributed by atoms with Gasteiger partial charge in [-0.25, -0.2) is 0 Å². The highest BCUT2D eigenvalue weighted by molar-refractivity contribution is 6.30. The van der Waals surface area contributed by atoms with E-state index >= 15 is 0 Å². The van der Waals surface area contributed by atoms with Crippen LogP contribution in [0, 0.1) is 5.92 Å². The smallest absolute Gasteiger partial charge is 0.224 e. The third-order valence-corrected chi connectivity index (χ3v) is 4.65. The first-order valence-corrected chi connectivity index (χ1v) is 7.75. The number of rotatable bonds is 3. The summed E-state index contributed by atoms with van der Waals surface area (Å²) in [6, 6.07) is 8.21. The zero-order chi connectivity index (χ0) is 14.1. The van der Waals surface area contributed by atoms with Crippen LogP contribution in [0.4, 0.5) is 0 Å². The van der Waals surface area contributed by atoms with Crippen molar-refractivity contribution >= 4 is 17.5 Å². The molecule has 1 heterocycles. The molecule has 0 unspecified atom stereocenters. The first-order chi connectivity index (χ1) is 9.63. The SMILES string of the molecule is CN1CCC[C@H](NC(=O)[C@@H]2C[C@@H]2c2ccc(Cl)cc2)C1. The van der Waals surface area contributed by atoms with Crippen molar-refractivity contribution in [1.82, 2.24) is 10.2 Å². The van der Waals surface area contributed by atoms with Gasteiger partial charge in [-0.3, -0.25) is 4.79 Å². The maximum atomic E-state index is 12.3. The minimum absolute atomic E-state index is 0.156. The van der Waals surface area contributed by atoms with Crippen LogP contribution in [0.25, 0.3) is 0 Å². The van der Waals surface area contributed by atoms with E-state index < -0.39 is 0 Å². The predicted molar refractivity (Wildman–Crippen MR) is 81.0 cm³/mol. The Bertz CT molecular complexity index is 488. The van der Waals surface area contributed by atoms with Crippen LogP contribution in [0.5, 0.6) is 0 Å². The molecule has 2 fully saturated rings. The number of piperidine rings is 1. The van der Waals surface area contributed by atoms with Crippen molar-refractivity contribution in [3.63, 3.8) is 0 Å². The van der Waals surface area contributed by atoms with E-state index in [1.165, 1.54) is 12.0 Å². The first kappa shape index (κ1) is 13.9. The van der Waals surface area contributed by atoms with Gasteiger partial charge in [0.2, 0.25) is 5.91 Å². The molecule has 3 rings (SSSR count). The van der Waals surface area contributed by atoms with E-state index in [1.807, 2.05) is 24.3 Å². The number of benzene rings is 1. The van der Waals surface area contributed by atoms with Crippen LogP contribution in [-0.4, -0.2) is 37.0 Å². The zero-order valence-corrected chi connectivity index (χ0v) is 12.6. The fourth-order valence-electron chi connectivity index (χ4n) is 3.16. The lowest BCUT2D eigenvalue weighted by molar-refractivity contribution is -0.123. The molecule has 108 valence electrons. The van der Waals surface area contributed by atoms with Gasteiger partial charge in [0.1, 0.15) is 0 Å². The maximum Gasteiger partial charge on any atom is 0.224 e. The molecule has 1 aliphatic carbocycles. The molecule has 1 aliphatic heterocycles. The van der Waals surface area contributed by atoms with Gasteiger partial charge in [-0.2, -0.15) is 0 Å². The number of likely N-dealkylation sites (N-methyl/N-ethyl adjacent to an activating group) is 1. The van der Waals surface area contributed by atoms with E-state index in [2.05, 4.69) is 17.3 Å². The minimum atomic E-state index is 0.156. The highest BCUT2D eigenvalue weighted by atomic mass is 35.5. The lowest BCUT2D eigenvalue weighted by Crippen LogP contribution is -2.46. The van der Waals surface area contributed by atoms with E-state index in [0.717, 1.165) is 31.0 Å². The molecule has 0 aromatic heterocycles. The predicted octanol–water partition coefficient (Wildman–Crippen LogP) is 2.65. The summed E-state index contributed by atoms with van der Waals surface area (Å²) in [5.41, 5.74) is 1.23. The van der Waals surface area contributed by atoms with Gasteiger partial charge in [-0.05, 0) is 56.5 Å². The molecule has 3 nitrogen and oxygen atoms in total. The molecule has 0 radical (unpaired) electrons. The fourth-order valence-corrected chi connectivity index (χ4v) is 3.28. The molecule has 3 atom stereocenters. The summed E-state index contributed by atoms with van der Waals surface area (Å²) in [6.45, 7) is 2.12. The Morgan fingerprint density at radius 3 is 2.80 bits per heavy atom. The van der Waals surface area contributed by atoms with E-state index in [1.54, 1.807) is 0 Å². The average Bonchev–Trinajstić information content (AvgIpc) is 3.20.